The molecule has 1 aromatic heterocycles. The first-order valence-corrected chi connectivity index (χ1v) is 7.81. The van der Waals surface area contributed by atoms with Crippen molar-refractivity contribution in [3.63, 3.8) is 0 Å². The van der Waals surface area contributed by atoms with Crippen LogP contribution in [0.4, 0.5) is 5.69 Å². The first-order valence-electron chi connectivity index (χ1n) is 6.61. The van der Waals surface area contributed by atoms with Gasteiger partial charge in [-0.15, -0.1) is 11.3 Å². The molecule has 21 heavy (non-hydrogen) atoms. The van der Waals surface area contributed by atoms with Crippen LogP contribution in [0.5, 0.6) is 0 Å². The minimum Gasteiger partial charge on any atom is -0.321 e. The fourth-order valence-corrected chi connectivity index (χ4v) is 3.74. The van der Waals surface area contributed by atoms with Crippen LogP contribution in [-0.2, 0) is 0 Å². The third kappa shape index (κ3) is 2.80. The predicted molar refractivity (Wildman–Crippen MR) is 90.7 cm³/mol. The minimum absolute atomic E-state index is 0.163. The molecule has 0 spiro atoms. The fourth-order valence-electron chi connectivity index (χ4n) is 2.23. The number of hydrogen-bond acceptors (Lipinski definition) is 2. The molecule has 4 heteroatoms. The quantitative estimate of drug-likeness (QED) is 0.671. The second-order valence-corrected chi connectivity index (χ2v) is 6.50. The molecule has 0 saturated carbocycles. The highest BCUT2D eigenvalue weighted by atomic mass is 35.5. The van der Waals surface area contributed by atoms with Crippen LogP contribution in [0.25, 0.3) is 10.1 Å². The monoisotopic (exact) mass is 315 g/mol. The van der Waals surface area contributed by atoms with Crippen molar-refractivity contribution in [2.75, 3.05) is 5.32 Å². The van der Waals surface area contributed by atoms with Crippen LogP contribution < -0.4 is 5.32 Å². The highest BCUT2D eigenvalue weighted by Crippen LogP contribution is 2.36. The maximum atomic E-state index is 12.4. The number of fused-ring (bicyclic) bond motifs is 1. The van der Waals surface area contributed by atoms with Crippen molar-refractivity contribution >= 4 is 44.6 Å². The van der Waals surface area contributed by atoms with Gasteiger partial charge in [0.05, 0.1) is 5.02 Å². The zero-order chi connectivity index (χ0) is 15.0. The third-order valence-electron chi connectivity index (χ3n) is 3.27. The SMILES string of the molecule is Cc1cccc(NC(=O)c2sc3cc(C)ccc3c2Cl)c1. The number of anilines is 1. The Bertz CT molecular complexity index is 838. The van der Waals surface area contributed by atoms with Crippen molar-refractivity contribution in [1.29, 1.82) is 0 Å². The van der Waals surface area contributed by atoms with E-state index in [0.717, 1.165) is 26.9 Å². The van der Waals surface area contributed by atoms with Crippen molar-refractivity contribution in [3.05, 3.63) is 63.5 Å². The van der Waals surface area contributed by atoms with Crippen molar-refractivity contribution in [1.82, 2.24) is 0 Å². The average molecular weight is 316 g/mol. The van der Waals surface area contributed by atoms with Gasteiger partial charge in [-0.1, -0.05) is 35.9 Å². The van der Waals surface area contributed by atoms with E-state index in [2.05, 4.69) is 11.4 Å². The van der Waals surface area contributed by atoms with Gasteiger partial charge in [0.15, 0.2) is 0 Å². The first-order chi connectivity index (χ1) is 10.0. The molecule has 0 bridgehead atoms. The number of benzene rings is 2. The molecule has 1 heterocycles. The molecule has 0 atom stereocenters. The molecule has 3 rings (SSSR count). The highest BCUT2D eigenvalue weighted by Gasteiger charge is 2.17. The van der Waals surface area contributed by atoms with Crippen LogP contribution in [0.15, 0.2) is 42.5 Å². The normalized spacial score (nSPS) is 10.8. The van der Waals surface area contributed by atoms with Gasteiger partial charge in [-0.3, -0.25) is 4.79 Å². The molecule has 1 amide bonds. The Morgan fingerprint density at radius 2 is 1.86 bits per heavy atom. The van der Waals surface area contributed by atoms with Crippen molar-refractivity contribution < 1.29 is 4.79 Å². The predicted octanol–water partition coefficient (Wildman–Crippen LogP) is 5.42. The van der Waals surface area contributed by atoms with Gasteiger partial charge in [-0.2, -0.15) is 0 Å². The van der Waals surface area contributed by atoms with E-state index in [1.807, 2.05) is 50.2 Å². The number of hydrogen-bond donors (Lipinski definition) is 1. The lowest BCUT2D eigenvalue weighted by atomic mass is 10.2. The van der Waals surface area contributed by atoms with Gasteiger partial charge in [-0.25, -0.2) is 0 Å². The summed E-state index contributed by atoms with van der Waals surface area (Å²) in [5.74, 6) is -0.163. The summed E-state index contributed by atoms with van der Waals surface area (Å²) in [5, 5.41) is 4.36. The number of rotatable bonds is 2. The van der Waals surface area contributed by atoms with Crippen LogP contribution in [0.3, 0.4) is 0 Å². The molecule has 0 fully saturated rings. The van der Waals surface area contributed by atoms with E-state index in [1.165, 1.54) is 11.3 Å². The summed E-state index contributed by atoms with van der Waals surface area (Å²) in [6.07, 6.45) is 0. The summed E-state index contributed by atoms with van der Waals surface area (Å²) in [6, 6.07) is 13.7. The van der Waals surface area contributed by atoms with Gasteiger partial charge in [0.2, 0.25) is 0 Å². The second-order valence-electron chi connectivity index (χ2n) is 5.07. The molecular weight excluding hydrogens is 302 g/mol. The Morgan fingerprint density at radius 3 is 2.62 bits per heavy atom. The number of thiophene rings is 1. The number of nitrogens with one attached hydrogen (secondary N) is 1. The molecule has 0 aliphatic heterocycles. The van der Waals surface area contributed by atoms with Crippen LogP contribution >= 0.6 is 22.9 Å². The molecule has 0 unspecified atom stereocenters. The minimum atomic E-state index is -0.163. The zero-order valence-electron chi connectivity index (χ0n) is 11.7. The van der Waals surface area contributed by atoms with Crippen LogP contribution in [0.1, 0.15) is 20.8 Å². The van der Waals surface area contributed by atoms with E-state index in [9.17, 15) is 4.79 Å². The summed E-state index contributed by atoms with van der Waals surface area (Å²) < 4.78 is 1.04. The smallest absolute Gasteiger partial charge is 0.267 e. The molecule has 2 aromatic carbocycles. The van der Waals surface area contributed by atoms with E-state index in [-0.39, 0.29) is 5.91 Å². The Hall–Kier alpha value is -1.84. The number of carbonyl (C=O) groups is 1. The lowest BCUT2D eigenvalue weighted by Crippen LogP contribution is -2.10. The van der Waals surface area contributed by atoms with Gasteiger partial charge in [0, 0.05) is 15.8 Å². The van der Waals surface area contributed by atoms with E-state index < -0.39 is 0 Å². The average Bonchev–Trinajstić information content (AvgIpc) is 2.75. The molecule has 106 valence electrons. The highest BCUT2D eigenvalue weighted by molar-refractivity contribution is 7.21. The van der Waals surface area contributed by atoms with Crippen molar-refractivity contribution in [3.8, 4) is 0 Å². The number of amides is 1. The second kappa shape index (κ2) is 5.51. The number of aryl methyl sites for hydroxylation is 2. The lowest BCUT2D eigenvalue weighted by Gasteiger charge is -2.04. The third-order valence-corrected chi connectivity index (χ3v) is 4.92. The Morgan fingerprint density at radius 1 is 1.10 bits per heavy atom. The maximum Gasteiger partial charge on any atom is 0.267 e. The van der Waals surface area contributed by atoms with Gasteiger partial charge in [-0.05, 0) is 43.2 Å². The topological polar surface area (TPSA) is 29.1 Å². The first kappa shape index (κ1) is 14.1. The van der Waals surface area contributed by atoms with Gasteiger partial charge >= 0.3 is 0 Å². The standard InChI is InChI=1S/C17H14ClNOS/c1-10-4-3-5-12(8-10)19-17(20)16-15(18)13-7-6-11(2)9-14(13)21-16/h3-9H,1-2H3,(H,19,20). The maximum absolute atomic E-state index is 12.4. The van der Waals surface area contributed by atoms with Gasteiger partial charge in [0.25, 0.3) is 5.91 Å². The van der Waals surface area contributed by atoms with Crippen LogP contribution in [0.2, 0.25) is 5.02 Å². The van der Waals surface area contributed by atoms with Crippen molar-refractivity contribution in [2.45, 2.75) is 13.8 Å². The lowest BCUT2D eigenvalue weighted by molar-refractivity contribution is 0.103. The molecule has 3 aromatic rings. The Kier molecular flexibility index (Phi) is 3.70. The van der Waals surface area contributed by atoms with Gasteiger partial charge in [0.1, 0.15) is 4.88 Å². The van der Waals surface area contributed by atoms with E-state index in [0.29, 0.717) is 9.90 Å². The largest absolute Gasteiger partial charge is 0.321 e. The van der Waals surface area contributed by atoms with Crippen molar-refractivity contribution in [2.24, 2.45) is 0 Å². The van der Waals surface area contributed by atoms with Crippen LogP contribution in [0, 0.1) is 13.8 Å². The summed E-state index contributed by atoms with van der Waals surface area (Å²) >= 11 is 7.78. The summed E-state index contributed by atoms with van der Waals surface area (Å²) in [7, 11) is 0. The molecule has 0 aliphatic rings. The van der Waals surface area contributed by atoms with Gasteiger partial charge < -0.3 is 5.32 Å². The van der Waals surface area contributed by atoms with E-state index in [1.54, 1.807) is 0 Å². The number of halogens is 1. The Balaban J connectivity index is 1.96. The molecule has 0 radical (unpaired) electrons. The molecule has 0 saturated heterocycles. The molecular formula is C17H14ClNOS. The summed E-state index contributed by atoms with van der Waals surface area (Å²) in [5.41, 5.74) is 3.04. The fraction of sp³-hybridized carbons (Fsp3) is 0.118. The summed E-state index contributed by atoms with van der Waals surface area (Å²) in [6.45, 7) is 4.02. The molecule has 2 nitrogen and oxygen atoms in total. The zero-order valence-corrected chi connectivity index (χ0v) is 13.3. The summed E-state index contributed by atoms with van der Waals surface area (Å²) in [4.78, 5) is 13.0. The number of carbonyl (C=O) groups excluding carboxylic acids is 1. The molecule has 1 N–H and O–H groups in total. The van der Waals surface area contributed by atoms with E-state index >= 15 is 0 Å². The molecule has 0 aliphatic carbocycles. The van der Waals surface area contributed by atoms with Crippen LogP contribution in [-0.4, -0.2) is 5.91 Å². The Labute approximate surface area is 132 Å². The van der Waals surface area contributed by atoms with E-state index in [4.69, 9.17) is 11.6 Å².